The summed E-state index contributed by atoms with van der Waals surface area (Å²) in [6.45, 7) is 3.73. The first-order valence-corrected chi connectivity index (χ1v) is 5.07. The number of hydrogen-bond donors (Lipinski definition) is 1. The van der Waals surface area contributed by atoms with Crippen LogP contribution in [0.1, 0.15) is 18.4 Å². The molecule has 0 saturated carbocycles. The monoisotopic (exact) mass is 209 g/mol. The Hall–Kier alpha value is -1.12. The van der Waals surface area contributed by atoms with Crippen LogP contribution < -0.4 is 0 Å². The number of aliphatic hydroxyl groups is 1. The second kappa shape index (κ2) is 4.94. The van der Waals surface area contributed by atoms with Gasteiger partial charge in [0, 0.05) is 11.3 Å². The number of hydrogen-bond acceptors (Lipinski definition) is 5. The van der Waals surface area contributed by atoms with Crippen LogP contribution in [0.3, 0.4) is 0 Å². The molecule has 0 aliphatic heterocycles. The molecule has 5 heteroatoms. The molecule has 1 atom stereocenters. The molecule has 1 unspecified atom stereocenters. The summed E-state index contributed by atoms with van der Waals surface area (Å²) in [5.74, 6) is 0.580. The molecule has 0 saturated heterocycles. The van der Waals surface area contributed by atoms with Gasteiger partial charge in [0.2, 0.25) is 0 Å². The Morgan fingerprint density at radius 3 is 2.93 bits per heavy atom. The minimum Gasteiger partial charge on any atom is -0.395 e. The maximum Gasteiger partial charge on any atom is 0.145 e. The molecule has 0 amide bonds. The van der Waals surface area contributed by atoms with E-state index in [4.69, 9.17) is 10.4 Å². The van der Waals surface area contributed by atoms with Crippen molar-refractivity contribution >= 4 is 11.8 Å². The molecule has 0 spiro atoms. The minimum atomic E-state index is 0.0795. The zero-order valence-electron chi connectivity index (χ0n) is 8.06. The summed E-state index contributed by atoms with van der Waals surface area (Å²) in [6.07, 6.45) is 0. The summed E-state index contributed by atoms with van der Waals surface area (Å²) in [5, 5.41) is 18.4. The lowest BCUT2D eigenvalue weighted by molar-refractivity contribution is 0.300. The van der Waals surface area contributed by atoms with Crippen LogP contribution in [0, 0.1) is 18.3 Å². The number of rotatable bonds is 3. The smallest absolute Gasteiger partial charge is 0.145 e. The van der Waals surface area contributed by atoms with E-state index in [1.165, 1.54) is 11.8 Å². The molecule has 4 nitrogen and oxygen atoms in total. The first-order valence-electron chi connectivity index (χ1n) is 4.19. The summed E-state index contributed by atoms with van der Waals surface area (Å²) < 4.78 is 0. The number of aromatic nitrogens is 2. The molecule has 0 bridgehead atoms. The van der Waals surface area contributed by atoms with E-state index in [9.17, 15) is 0 Å². The fraction of sp³-hybridized carbons (Fsp3) is 0.444. The fourth-order valence-corrected chi connectivity index (χ4v) is 1.75. The van der Waals surface area contributed by atoms with Crippen molar-refractivity contribution in [3.05, 3.63) is 17.6 Å². The zero-order chi connectivity index (χ0) is 10.6. The Morgan fingerprint density at radius 1 is 1.64 bits per heavy atom. The number of nitrogens with zero attached hydrogens (tertiary/aromatic N) is 3. The molecule has 1 heterocycles. The van der Waals surface area contributed by atoms with Gasteiger partial charge in [-0.3, -0.25) is 0 Å². The van der Waals surface area contributed by atoms with Crippen LogP contribution in [0.15, 0.2) is 11.1 Å². The van der Waals surface area contributed by atoms with Crippen molar-refractivity contribution in [2.75, 3.05) is 6.61 Å². The number of nitriles is 1. The molecular weight excluding hydrogens is 198 g/mol. The van der Waals surface area contributed by atoms with Gasteiger partial charge < -0.3 is 5.11 Å². The molecule has 0 aromatic carbocycles. The summed E-state index contributed by atoms with van der Waals surface area (Å²) in [7, 11) is 0. The lowest BCUT2D eigenvalue weighted by Crippen LogP contribution is -2.03. The van der Waals surface area contributed by atoms with E-state index in [0.29, 0.717) is 11.5 Å². The highest BCUT2D eigenvalue weighted by Gasteiger charge is 2.06. The summed E-state index contributed by atoms with van der Waals surface area (Å²) in [5.41, 5.74) is 0.366. The van der Waals surface area contributed by atoms with E-state index in [2.05, 4.69) is 9.97 Å². The van der Waals surface area contributed by atoms with Gasteiger partial charge in [-0.05, 0) is 6.92 Å². The van der Waals surface area contributed by atoms with Crippen molar-refractivity contribution in [3.63, 3.8) is 0 Å². The van der Waals surface area contributed by atoms with Crippen LogP contribution in [-0.2, 0) is 0 Å². The highest BCUT2D eigenvalue weighted by Crippen LogP contribution is 2.20. The Kier molecular flexibility index (Phi) is 3.86. The number of aryl methyl sites for hydroxylation is 1. The van der Waals surface area contributed by atoms with Crippen LogP contribution in [0.2, 0.25) is 0 Å². The van der Waals surface area contributed by atoms with E-state index >= 15 is 0 Å². The van der Waals surface area contributed by atoms with Gasteiger partial charge >= 0.3 is 0 Å². The molecule has 14 heavy (non-hydrogen) atoms. The van der Waals surface area contributed by atoms with E-state index in [1.54, 1.807) is 13.0 Å². The van der Waals surface area contributed by atoms with Crippen molar-refractivity contribution in [2.45, 2.75) is 24.1 Å². The number of thioether (sulfide) groups is 1. The van der Waals surface area contributed by atoms with E-state index in [1.807, 2.05) is 13.0 Å². The molecule has 0 fully saturated rings. The van der Waals surface area contributed by atoms with Crippen LogP contribution in [0.25, 0.3) is 0 Å². The fourth-order valence-electron chi connectivity index (χ4n) is 0.901. The lowest BCUT2D eigenvalue weighted by atomic mass is 10.4. The van der Waals surface area contributed by atoms with Crippen LogP contribution in [-0.4, -0.2) is 26.9 Å². The topological polar surface area (TPSA) is 69.8 Å². The van der Waals surface area contributed by atoms with Crippen LogP contribution in [0.5, 0.6) is 0 Å². The lowest BCUT2D eigenvalue weighted by Gasteiger charge is -2.06. The van der Waals surface area contributed by atoms with E-state index < -0.39 is 0 Å². The van der Waals surface area contributed by atoms with Gasteiger partial charge in [0.05, 0.1) is 6.61 Å². The predicted octanol–water partition coefficient (Wildman–Crippen LogP) is 1.13. The predicted molar refractivity (Wildman–Crippen MR) is 53.9 cm³/mol. The molecule has 1 N–H and O–H groups in total. The quantitative estimate of drug-likeness (QED) is 0.597. The Labute approximate surface area is 87.0 Å². The van der Waals surface area contributed by atoms with Gasteiger partial charge in [0.25, 0.3) is 0 Å². The third-order valence-corrected chi connectivity index (χ3v) is 2.51. The maximum absolute atomic E-state index is 8.86. The Morgan fingerprint density at radius 2 is 2.36 bits per heavy atom. The first kappa shape index (κ1) is 11.0. The van der Waals surface area contributed by atoms with Gasteiger partial charge in [-0.25, -0.2) is 9.97 Å². The van der Waals surface area contributed by atoms with E-state index in [-0.39, 0.29) is 11.9 Å². The molecule has 1 aromatic heterocycles. The molecular formula is C9H11N3OS. The van der Waals surface area contributed by atoms with Gasteiger partial charge in [-0.15, -0.1) is 11.8 Å². The van der Waals surface area contributed by atoms with E-state index in [0.717, 1.165) is 5.03 Å². The average Bonchev–Trinajstić information content (AvgIpc) is 2.16. The molecule has 0 radical (unpaired) electrons. The zero-order valence-corrected chi connectivity index (χ0v) is 8.88. The van der Waals surface area contributed by atoms with Gasteiger partial charge in [-0.2, -0.15) is 5.26 Å². The van der Waals surface area contributed by atoms with Crippen LogP contribution >= 0.6 is 11.8 Å². The van der Waals surface area contributed by atoms with Crippen molar-refractivity contribution in [2.24, 2.45) is 0 Å². The van der Waals surface area contributed by atoms with Gasteiger partial charge in [-0.1, -0.05) is 6.92 Å². The van der Waals surface area contributed by atoms with Gasteiger partial charge in [0.1, 0.15) is 22.6 Å². The van der Waals surface area contributed by atoms with Crippen molar-refractivity contribution in [1.82, 2.24) is 9.97 Å². The summed E-state index contributed by atoms with van der Waals surface area (Å²) in [6, 6.07) is 3.60. The Balaban J connectivity index is 2.88. The SMILES string of the molecule is Cc1nc(C#N)cc(SC(C)CO)n1. The highest BCUT2D eigenvalue weighted by atomic mass is 32.2. The first-order chi connectivity index (χ1) is 6.65. The average molecular weight is 209 g/mol. The molecule has 74 valence electrons. The van der Waals surface area contributed by atoms with Crippen LogP contribution in [0.4, 0.5) is 0 Å². The van der Waals surface area contributed by atoms with Crippen molar-refractivity contribution in [3.8, 4) is 6.07 Å². The minimum absolute atomic E-state index is 0.0795. The molecule has 0 aliphatic rings. The summed E-state index contributed by atoms with van der Waals surface area (Å²) >= 11 is 1.44. The molecule has 0 aliphatic carbocycles. The molecule has 1 aromatic rings. The third kappa shape index (κ3) is 2.98. The van der Waals surface area contributed by atoms with Crippen molar-refractivity contribution < 1.29 is 5.11 Å². The van der Waals surface area contributed by atoms with Crippen molar-refractivity contribution in [1.29, 1.82) is 5.26 Å². The summed E-state index contributed by atoms with van der Waals surface area (Å²) in [4.78, 5) is 8.10. The Bertz CT molecular complexity index is 362. The standard InChI is InChI=1S/C9H11N3OS/c1-6(5-13)14-9-3-8(4-10)11-7(2)12-9/h3,6,13H,5H2,1-2H3. The maximum atomic E-state index is 8.86. The number of aliphatic hydroxyl groups excluding tert-OH is 1. The second-order valence-corrected chi connectivity index (χ2v) is 4.32. The second-order valence-electron chi connectivity index (χ2n) is 2.86. The third-order valence-electron chi connectivity index (χ3n) is 1.51. The largest absolute Gasteiger partial charge is 0.395 e. The highest BCUT2D eigenvalue weighted by molar-refractivity contribution is 7.99. The molecule has 1 rings (SSSR count). The normalized spacial score (nSPS) is 12.1. The van der Waals surface area contributed by atoms with Gasteiger partial charge in [0.15, 0.2) is 0 Å².